The maximum absolute atomic E-state index is 13.4. The van der Waals surface area contributed by atoms with E-state index in [1.807, 2.05) is 18.2 Å². The number of halogens is 2. The molecule has 0 fully saturated rings. The normalized spacial score (nSPS) is 10.7. The van der Waals surface area contributed by atoms with E-state index in [1.54, 1.807) is 23.9 Å². The highest BCUT2D eigenvalue weighted by Crippen LogP contribution is 2.27. The van der Waals surface area contributed by atoms with Crippen LogP contribution >= 0.6 is 23.4 Å². The number of benzene rings is 2. The van der Waals surface area contributed by atoms with E-state index in [1.165, 1.54) is 12.1 Å². The molecule has 0 spiro atoms. The van der Waals surface area contributed by atoms with Crippen LogP contribution in [0.3, 0.4) is 0 Å². The SMILES string of the molecule is CC(C)Sc1ccccc1C(=O)Nc1ccc(Cl)c(F)c1. The third-order valence-corrected chi connectivity index (χ3v) is 4.06. The first-order valence-electron chi connectivity index (χ1n) is 6.49. The lowest BCUT2D eigenvalue weighted by Gasteiger charge is -2.11. The Morgan fingerprint density at radius 1 is 1.24 bits per heavy atom. The van der Waals surface area contributed by atoms with Gasteiger partial charge in [0, 0.05) is 15.8 Å². The number of hydrogen-bond donors (Lipinski definition) is 1. The summed E-state index contributed by atoms with van der Waals surface area (Å²) in [6, 6.07) is 11.6. The van der Waals surface area contributed by atoms with Gasteiger partial charge in [-0.25, -0.2) is 4.39 Å². The predicted octanol–water partition coefficient (Wildman–Crippen LogP) is 5.23. The predicted molar refractivity (Wildman–Crippen MR) is 86.8 cm³/mol. The lowest BCUT2D eigenvalue weighted by Crippen LogP contribution is -2.13. The lowest BCUT2D eigenvalue weighted by molar-refractivity contribution is 0.102. The molecule has 21 heavy (non-hydrogen) atoms. The van der Waals surface area contributed by atoms with Crippen molar-refractivity contribution in [1.82, 2.24) is 0 Å². The van der Waals surface area contributed by atoms with Gasteiger partial charge < -0.3 is 5.32 Å². The Bertz CT molecular complexity index is 660. The van der Waals surface area contributed by atoms with Crippen molar-refractivity contribution in [2.24, 2.45) is 0 Å². The fourth-order valence-electron chi connectivity index (χ4n) is 1.78. The first-order chi connectivity index (χ1) is 9.97. The van der Waals surface area contributed by atoms with Crippen LogP contribution in [0.4, 0.5) is 10.1 Å². The van der Waals surface area contributed by atoms with E-state index >= 15 is 0 Å². The molecule has 2 aromatic rings. The van der Waals surface area contributed by atoms with Gasteiger partial charge in [-0.2, -0.15) is 0 Å². The lowest BCUT2D eigenvalue weighted by atomic mass is 10.2. The molecule has 2 nitrogen and oxygen atoms in total. The molecular weight excluding hydrogens is 309 g/mol. The zero-order valence-electron chi connectivity index (χ0n) is 11.7. The zero-order valence-corrected chi connectivity index (χ0v) is 13.3. The van der Waals surface area contributed by atoms with Crippen LogP contribution in [0.15, 0.2) is 47.4 Å². The van der Waals surface area contributed by atoms with Crippen LogP contribution in [0, 0.1) is 5.82 Å². The van der Waals surface area contributed by atoms with Gasteiger partial charge in [-0.15, -0.1) is 11.8 Å². The third kappa shape index (κ3) is 4.22. The molecule has 5 heteroatoms. The highest BCUT2D eigenvalue weighted by Gasteiger charge is 2.13. The van der Waals surface area contributed by atoms with E-state index < -0.39 is 5.82 Å². The first-order valence-corrected chi connectivity index (χ1v) is 7.75. The van der Waals surface area contributed by atoms with Gasteiger partial charge >= 0.3 is 0 Å². The second-order valence-electron chi connectivity index (χ2n) is 4.75. The van der Waals surface area contributed by atoms with Gasteiger partial charge in [-0.1, -0.05) is 37.6 Å². The molecule has 1 amide bonds. The Hall–Kier alpha value is -1.52. The summed E-state index contributed by atoms with van der Waals surface area (Å²) >= 11 is 7.24. The van der Waals surface area contributed by atoms with E-state index in [2.05, 4.69) is 19.2 Å². The maximum atomic E-state index is 13.4. The van der Waals surface area contributed by atoms with E-state index in [0.717, 1.165) is 4.90 Å². The molecule has 110 valence electrons. The quantitative estimate of drug-likeness (QED) is 0.780. The van der Waals surface area contributed by atoms with Crippen molar-refractivity contribution in [3.8, 4) is 0 Å². The Morgan fingerprint density at radius 3 is 2.62 bits per heavy atom. The van der Waals surface area contributed by atoms with Crippen molar-refractivity contribution in [3.63, 3.8) is 0 Å². The second-order valence-corrected chi connectivity index (χ2v) is 6.77. The van der Waals surface area contributed by atoms with Crippen LogP contribution in [0.1, 0.15) is 24.2 Å². The number of anilines is 1. The molecule has 0 heterocycles. The van der Waals surface area contributed by atoms with Crippen molar-refractivity contribution in [2.75, 3.05) is 5.32 Å². The summed E-state index contributed by atoms with van der Waals surface area (Å²) in [6.07, 6.45) is 0. The number of thioether (sulfide) groups is 1. The number of amides is 1. The minimum absolute atomic E-state index is 0.0313. The van der Waals surface area contributed by atoms with Crippen molar-refractivity contribution in [3.05, 3.63) is 58.9 Å². The first kappa shape index (κ1) is 15.9. The van der Waals surface area contributed by atoms with E-state index in [4.69, 9.17) is 11.6 Å². The molecule has 0 aliphatic heterocycles. The third-order valence-electron chi connectivity index (χ3n) is 2.67. The summed E-state index contributed by atoms with van der Waals surface area (Å²) < 4.78 is 13.4. The summed E-state index contributed by atoms with van der Waals surface area (Å²) in [6.45, 7) is 4.13. The summed E-state index contributed by atoms with van der Waals surface area (Å²) in [4.78, 5) is 13.2. The fraction of sp³-hybridized carbons (Fsp3) is 0.188. The molecule has 0 radical (unpaired) electrons. The Labute approximate surface area is 132 Å². The van der Waals surface area contributed by atoms with Gasteiger partial charge in [0.15, 0.2) is 0 Å². The summed E-state index contributed by atoms with van der Waals surface area (Å²) in [5.74, 6) is -0.820. The van der Waals surface area contributed by atoms with Gasteiger partial charge in [-0.3, -0.25) is 4.79 Å². The summed E-state index contributed by atoms with van der Waals surface area (Å²) in [5.41, 5.74) is 0.956. The minimum atomic E-state index is -0.556. The molecule has 0 unspecified atom stereocenters. The van der Waals surface area contributed by atoms with Gasteiger partial charge in [0.1, 0.15) is 5.82 Å². The molecule has 2 rings (SSSR count). The Morgan fingerprint density at radius 2 is 1.95 bits per heavy atom. The highest BCUT2D eigenvalue weighted by atomic mass is 35.5. The molecule has 0 aliphatic rings. The summed E-state index contributed by atoms with van der Waals surface area (Å²) in [7, 11) is 0. The van der Waals surface area contributed by atoms with Crippen LogP contribution in [-0.2, 0) is 0 Å². The van der Waals surface area contributed by atoms with Crippen LogP contribution in [0.5, 0.6) is 0 Å². The minimum Gasteiger partial charge on any atom is -0.322 e. The molecule has 0 atom stereocenters. The molecule has 0 bridgehead atoms. The van der Waals surface area contributed by atoms with Crippen molar-refractivity contribution in [1.29, 1.82) is 0 Å². The van der Waals surface area contributed by atoms with E-state index in [0.29, 0.717) is 16.5 Å². The van der Waals surface area contributed by atoms with Crippen molar-refractivity contribution >= 4 is 35.0 Å². The van der Waals surface area contributed by atoms with Crippen LogP contribution in [0.2, 0.25) is 5.02 Å². The molecule has 2 aromatic carbocycles. The smallest absolute Gasteiger partial charge is 0.256 e. The van der Waals surface area contributed by atoms with Crippen LogP contribution in [0.25, 0.3) is 0 Å². The molecule has 0 saturated carbocycles. The van der Waals surface area contributed by atoms with Gasteiger partial charge in [0.2, 0.25) is 0 Å². The van der Waals surface area contributed by atoms with Gasteiger partial charge in [0.25, 0.3) is 5.91 Å². The van der Waals surface area contributed by atoms with Crippen LogP contribution < -0.4 is 5.32 Å². The maximum Gasteiger partial charge on any atom is 0.256 e. The molecule has 0 aromatic heterocycles. The highest BCUT2D eigenvalue weighted by molar-refractivity contribution is 8.00. The molecule has 0 saturated heterocycles. The standard InChI is InChI=1S/C16H15ClFNOS/c1-10(2)21-15-6-4-3-5-12(15)16(20)19-11-7-8-13(17)14(18)9-11/h3-10H,1-2H3,(H,19,20). The van der Waals surface area contributed by atoms with Crippen molar-refractivity contribution < 1.29 is 9.18 Å². The molecule has 1 N–H and O–H groups in total. The average molecular weight is 324 g/mol. The monoisotopic (exact) mass is 323 g/mol. The molecular formula is C16H15ClFNOS. The number of nitrogens with one attached hydrogen (secondary N) is 1. The number of rotatable bonds is 4. The average Bonchev–Trinajstić information content (AvgIpc) is 2.43. The van der Waals surface area contributed by atoms with Gasteiger partial charge in [-0.05, 0) is 30.3 Å². The van der Waals surface area contributed by atoms with E-state index in [9.17, 15) is 9.18 Å². The molecule has 0 aliphatic carbocycles. The Kier molecular flexibility index (Phi) is 5.26. The largest absolute Gasteiger partial charge is 0.322 e. The fourth-order valence-corrected chi connectivity index (χ4v) is 2.85. The number of carbonyl (C=O) groups is 1. The van der Waals surface area contributed by atoms with E-state index in [-0.39, 0.29) is 10.9 Å². The van der Waals surface area contributed by atoms with Gasteiger partial charge in [0.05, 0.1) is 10.6 Å². The zero-order chi connectivity index (χ0) is 15.4. The Balaban J connectivity index is 2.22. The second kappa shape index (κ2) is 6.96. The number of carbonyl (C=O) groups excluding carboxylic acids is 1. The van der Waals surface area contributed by atoms with Crippen LogP contribution in [-0.4, -0.2) is 11.2 Å². The number of hydrogen-bond acceptors (Lipinski definition) is 2. The van der Waals surface area contributed by atoms with Crippen molar-refractivity contribution in [2.45, 2.75) is 24.0 Å². The summed E-state index contributed by atoms with van der Waals surface area (Å²) in [5, 5.41) is 3.09. The topological polar surface area (TPSA) is 29.1 Å².